The fraction of sp³-hybridized carbons (Fsp3) is 0.639. The number of aliphatic hydroxyl groups is 1. The van der Waals surface area contributed by atoms with Gasteiger partial charge in [0.2, 0.25) is 11.8 Å². The summed E-state index contributed by atoms with van der Waals surface area (Å²) in [5.74, 6) is -2.82. The Morgan fingerprint density at radius 2 is 1.82 bits per heavy atom. The van der Waals surface area contributed by atoms with E-state index in [2.05, 4.69) is 33.9 Å². The van der Waals surface area contributed by atoms with Gasteiger partial charge < -0.3 is 24.4 Å². The van der Waals surface area contributed by atoms with E-state index >= 15 is 4.79 Å². The largest absolute Gasteiger partial charge is 0.465 e. The molecule has 3 fully saturated rings. The highest BCUT2D eigenvalue weighted by atomic mass is 16.6. The maximum Gasteiger partial charge on any atom is 0.312 e. The molecule has 0 aromatic heterocycles. The number of carbonyl (C=O) groups is 3. The van der Waals surface area contributed by atoms with Gasteiger partial charge in [0.1, 0.15) is 17.6 Å². The lowest BCUT2D eigenvalue weighted by atomic mass is 9.66. The number of esters is 1. The van der Waals surface area contributed by atoms with Crippen molar-refractivity contribution >= 4 is 17.8 Å². The van der Waals surface area contributed by atoms with Crippen molar-refractivity contribution < 1.29 is 29.0 Å². The Morgan fingerprint density at radius 1 is 1.14 bits per heavy atom. The van der Waals surface area contributed by atoms with Gasteiger partial charge in [0.25, 0.3) is 0 Å². The summed E-state index contributed by atoms with van der Waals surface area (Å²) in [6, 6.07) is 7.43. The Bertz CT molecular complexity index is 1240. The number of carbonyl (C=O) groups excluding carboxylic acids is 3. The van der Waals surface area contributed by atoms with Crippen molar-refractivity contribution in [3.8, 4) is 0 Å². The highest BCUT2D eigenvalue weighted by Crippen LogP contribution is 2.64. The summed E-state index contributed by atoms with van der Waals surface area (Å²) in [4.78, 5) is 46.9. The molecule has 3 heterocycles. The lowest BCUT2D eigenvalue weighted by molar-refractivity contribution is -0.163. The van der Waals surface area contributed by atoms with Crippen LogP contribution in [0.3, 0.4) is 0 Å². The van der Waals surface area contributed by atoms with E-state index in [-0.39, 0.29) is 37.0 Å². The van der Waals surface area contributed by atoms with Crippen LogP contribution in [0.25, 0.3) is 0 Å². The molecule has 8 heteroatoms. The third-order valence-corrected chi connectivity index (χ3v) is 9.71. The van der Waals surface area contributed by atoms with Crippen LogP contribution in [0.15, 0.2) is 55.6 Å². The highest BCUT2D eigenvalue weighted by Gasteiger charge is 2.79. The van der Waals surface area contributed by atoms with E-state index < -0.39 is 46.6 Å². The van der Waals surface area contributed by atoms with Crippen molar-refractivity contribution in [3.05, 3.63) is 61.2 Å². The second-order valence-corrected chi connectivity index (χ2v) is 14.8. The van der Waals surface area contributed by atoms with Gasteiger partial charge in [-0.2, -0.15) is 0 Å². The Hall–Kier alpha value is -2.97. The quantitative estimate of drug-likeness (QED) is 0.168. The minimum atomic E-state index is -1.23. The van der Waals surface area contributed by atoms with Gasteiger partial charge in [0, 0.05) is 12.1 Å². The van der Waals surface area contributed by atoms with Crippen LogP contribution in [-0.4, -0.2) is 75.2 Å². The van der Waals surface area contributed by atoms with E-state index in [1.165, 1.54) is 4.90 Å². The number of amides is 2. The maximum absolute atomic E-state index is 15.1. The van der Waals surface area contributed by atoms with Crippen LogP contribution in [0, 0.1) is 17.3 Å². The second-order valence-electron chi connectivity index (χ2n) is 14.8. The SMILES string of the molecule is C=CCCCCOC(=O)[C@H]1[C@H]2C(=O)N([C@H](CO)c3ccccc3)C(C(=O)N(CC=C)C(C)(C)CC(C)(C)C)C23CC[C@]1(C)O3. The summed E-state index contributed by atoms with van der Waals surface area (Å²) in [5.41, 5.74) is -2.12. The second kappa shape index (κ2) is 12.8. The maximum atomic E-state index is 15.1. The molecule has 0 aliphatic carbocycles. The minimum Gasteiger partial charge on any atom is -0.465 e. The van der Waals surface area contributed by atoms with Crippen molar-refractivity contribution in [2.75, 3.05) is 19.8 Å². The summed E-state index contributed by atoms with van der Waals surface area (Å²) in [7, 11) is 0. The van der Waals surface area contributed by atoms with Crippen LogP contribution >= 0.6 is 0 Å². The predicted molar refractivity (Wildman–Crippen MR) is 170 cm³/mol. The van der Waals surface area contributed by atoms with Crippen molar-refractivity contribution in [2.24, 2.45) is 17.3 Å². The Morgan fingerprint density at radius 3 is 2.41 bits per heavy atom. The molecule has 2 unspecified atom stereocenters. The molecule has 0 radical (unpaired) electrons. The molecule has 242 valence electrons. The number of likely N-dealkylation sites (tertiary alicyclic amines) is 1. The van der Waals surface area contributed by atoms with Crippen molar-refractivity contribution in [3.63, 3.8) is 0 Å². The fourth-order valence-electron chi connectivity index (χ4n) is 8.32. The number of fused-ring (bicyclic) bond motifs is 1. The minimum absolute atomic E-state index is 0.0802. The molecular weight excluding hydrogens is 556 g/mol. The molecule has 4 rings (SSSR count). The topological polar surface area (TPSA) is 96.4 Å². The van der Waals surface area contributed by atoms with Crippen molar-refractivity contribution in [2.45, 2.75) is 109 Å². The van der Waals surface area contributed by atoms with Crippen molar-refractivity contribution in [1.29, 1.82) is 0 Å². The molecule has 8 nitrogen and oxygen atoms in total. The van der Waals surface area contributed by atoms with Crippen LogP contribution in [-0.2, 0) is 23.9 Å². The molecule has 1 aromatic carbocycles. The average molecular weight is 609 g/mol. The Balaban J connectivity index is 1.81. The lowest BCUT2D eigenvalue weighted by Crippen LogP contribution is -2.61. The van der Waals surface area contributed by atoms with Crippen molar-refractivity contribution in [1.82, 2.24) is 9.80 Å². The van der Waals surface area contributed by atoms with E-state index in [0.29, 0.717) is 31.2 Å². The zero-order valence-electron chi connectivity index (χ0n) is 27.5. The van der Waals surface area contributed by atoms with Gasteiger partial charge in [0.15, 0.2) is 0 Å². The van der Waals surface area contributed by atoms with Crippen LogP contribution in [0.1, 0.15) is 91.7 Å². The number of ether oxygens (including phenoxy) is 2. The van der Waals surface area contributed by atoms with Crippen LogP contribution in [0.2, 0.25) is 0 Å². The molecule has 2 bridgehead atoms. The number of allylic oxidation sites excluding steroid dienone is 1. The van der Waals surface area contributed by atoms with E-state index in [1.807, 2.05) is 57.2 Å². The Labute approximate surface area is 263 Å². The van der Waals surface area contributed by atoms with E-state index in [0.717, 1.165) is 12.8 Å². The van der Waals surface area contributed by atoms with Crippen LogP contribution in [0.5, 0.6) is 0 Å². The monoisotopic (exact) mass is 608 g/mol. The van der Waals surface area contributed by atoms with E-state index in [9.17, 15) is 14.7 Å². The molecule has 3 aliphatic heterocycles. The van der Waals surface area contributed by atoms with Gasteiger partial charge in [-0.3, -0.25) is 14.4 Å². The van der Waals surface area contributed by atoms with Gasteiger partial charge in [-0.1, -0.05) is 63.3 Å². The standard InChI is InChI=1S/C36H52N2O6/c1-9-11-12-16-22-43-32(42)28-27-30(40)38(26(23-39)25-17-14-13-15-18-25)29(36(27)20-19-35(28,8)44-36)31(41)37(21-10-2)34(6,7)24-33(3,4)5/h9-10,13-15,17-18,26-29,39H,1-2,11-12,16,19-24H2,3-8H3/t26-,27+,28-,29?,35+,36?/m1/s1. The summed E-state index contributed by atoms with van der Waals surface area (Å²) in [6.07, 6.45) is 7.60. The van der Waals surface area contributed by atoms with Gasteiger partial charge in [0.05, 0.1) is 30.8 Å². The number of hydrogen-bond acceptors (Lipinski definition) is 6. The molecular formula is C36H52N2O6. The third kappa shape index (κ3) is 6.12. The van der Waals surface area contributed by atoms with Gasteiger partial charge in [-0.15, -0.1) is 13.2 Å². The zero-order valence-corrected chi connectivity index (χ0v) is 27.5. The molecule has 3 saturated heterocycles. The number of hydrogen-bond donors (Lipinski definition) is 1. The highest BCUT2D eigenvalue weighted by molar-refractivity contribution is 5.99. The summed E-state index contributed by atoms with van der Waals surface area (Å²) >= 11 is 0. The van der Waals surface area contributed by atoms with E-state index in [4.69, 9.17) is 9.47 Å². The first kappa shape index (κ1) is 33.9. The summed E-state index contributed by atoms with van der Waals surface area (Å²) in [6.45, 7) is 20.2. The number of nitrogens with zero attached hydrogens (tertiary/aromatic N) is 2. The zero-order chi connectivity index (χ0) is 32.5. The Kier molecular flexibility index (Phi) is 9.86. The van der Waals surface area contributed by atoms with Crippen LogP contribution < -0.4 is 0 Å². The number of unbranched alkanes of at least 4 members (excludes halogenated alkanes) is 2. The number of benzene rings is 1. The third-order valence-electron chi connectivity index (χ3n) is 9.71. The predicted octanol–water partition coefficient (Wildman–Crippen LogP) is 5.61. The van der Waals surface area contributed by atoms with Gasteiger partial charge in [-0.05, 0) is 70.3 Å². The molecule has 1 aromatic rings. The molecule has 0 saturated carbocycles. The smallest absolute Gasteiger partial charge is 0.312 e. The first-order chi connectivity index (χ1) is 20.7. The molecule has 3 aliphatic rings. The molecule has 44 heavy (non-hydrogen) atoms. The lowest BCUT2D eigenvalue weighted by Gasteiger charge is -2.46. The van der Waals surface area contributed by atoms with Gasteiger partial charge >= 0.3 is 5.97 Å². The first-order valence-corrected chi connectivity index (χ1v) is 16.1. The molecule has 6 atom stereocenters. The molecule has 1 spiro atoms. The summed E-state index contributed by atoms with van der Waals surface area (Å²) < 4.78 is 12.6. The number of aliphatic hydroxyl groups excluding tert-OH is 1. The number of rotatable bonds is 14. The molecule has 2 amide bonds. The van der Waals surface area contributed by atoms with Crippen LogP contribution in [0.4, 0.5) is 0 Å². The van der Waals surface area contributed by atoms with E-state index in [1.54, 1.807) is 11.0 Å². The summed E-state index contributed by atoms with van der Waals surface area (Å²) in [5, 5.41) is 10.8. The molecule has 1 N–H and O–H groups in total. The average Bonchev–Trinajstić information content (AvgIpc) is 3.52. The normalized spacial score (nSPS) is 28.5. The van der Waals surface area contributed by atoms with Gasteiger partial charge in [-0.25, -0.2) is 0 Å². The first-order valence-electron chi connectivity index (χ1n) is 16.1. The fourth-order valence-corrected chi connectivity index (χ4v) is 8.32.